The Balaban J connectivity index is 1.84. The van der Waals surface area contributed by atoms with Crippen LogP contribution in [0.2, 0.25) is 0 Å². The van der Waals surface area contributed by atoms with Crippen molar-refractivity contribution in [3.8, 4) is 0 Å². The topological polar surface area (TPSA) is 38.4 Å². The maximum atomic E-state index is 6.30. The number of hydrogen-bond donors (Lipinski definition) is 1. The van der Waals surface area contributed by atoms with Crippen molar-refractivity contribution in [1.82, 2.24) is 0 Å². The molecule has 2 nitrogen and oxygen atoms in total. The molecule has 0 heterocycles. The zero-order valence-corrected chi connectivity index (χ0v) is 15.1. The average molecular weight is 346 g/mol. The van der Waals surface area contributed by atoms with Crippen LogP contribution in [0.3, 0.4) is 0 Å². The van der Waals surface area contributed by atoms with E-state index in [0.29, 0.717) is 5.17 Å². The molecule has 0 saturated heterocycles. The molecule has 25 heavy (non-hydrogen) atoms. The molecule has 3 aromatic carbocycles. The van der Waals surface area contributed by atoms with Gasteiger partial charge in [0.2, 0.25) is 0 Å². The summed E-state index contributed by atoms with van der Waals surface area (Å²) in [6.07, 6.45) is 0. The third kappa shape index (κ3) is 4.74. The first-order valence-corrected chi connectivity index (χ1v) is 9.27. The molecule has 0 unspecified atom stereocenters. The van der Waals surface area contributed by atoms with Crippen molar-refractivity contribution in [2.75, 3.05) is 0 Å². The Bertz CT molecular complexity index is 762. The first-order chi connectivity index (χ1) is 12.2. The second kappa shape index (κ2) is 8.54. The van der Waals surface area contributed by atoms with Gasteiger partial charge in [-0.2, -0.15) is 0 Å². The zero-order valence-electron chi connectivity index (χ0n) is 14.2. The molecule has 0 saturated carbocycles. The van der Waals surface area contributed by atoms with Crippen molar-refractivity contribution in [2.24, 2.45) is 10.7 Å². The van der Waals surface area contributed by atoms with Crippen LogP contribution in [0.1, 0.15) is 34.9 Å². The summed E-state index contributed by atoms with van der Waals surface area (Å²) in [5, 5.41) is 0.739. The van der Waals surface area contributed by atoms with Crippen LogP contribution in [-0.4, -0.2) is 5.17 Å². The molecule has 0 fully saturated rings. The van der Waals surface area contributed by atoms with Crippen LogP contribution in [0.25, 0.3) is 0 Å². The number of rotatable bonds is 5. The standard InChI is InChI=1S/C22H22N2S/c1-17(18-11-5-2-6-12-18)24-22(23)25-21(19-13-7-3-8-14-19)20-15-9-4-10-16-20/h2-17,21H,1H3,(H2,23,24)/t17-/m0/s1. The van der Waals surface area contributed by atoms with E-state index in [9.17, 15) is 0 Å². The van der Waals surface area contributed by atoms with Gasteiger partial charge >= 0.3 is 0 Å². The predicted molar refractivity (Wildman–Crippen MR) is 109 cm³/mol. The Morgan fingerprint density at radius 3 is 1.56 bits per heavy atom. The van der Waals surface area contributed by atoms with Gasteiger partial charge in [-0.1, -0.05) is 103 Å². The summed E-state index contributed by atoms with van der Waals surface area (Å²) < 4.78 is 0. The monoisotopic (exact) mass is 346 g/mol. The van der Waals surface area contributed by atoms with Gasteiger partial charge in [-0.3, -0.25) is 4.99 Å². The van der Waals surface area contributed by atoms with E-state index in [2.05, 4.69) is 67.6 Å². The summed E-state index contributed by atoms with van der Waals surface area (Å²) in [7, 11) is 0. The fourth-order valence-corrected chi connectivity index (χ4v) is 3.78. The summed E-state index contributed by atoms with van der Waals surface area (Å²) in [4.78, 5) is 4.70. The van der Waals surface area contributed by atoms with Crippen molar-refractivity contribution in [3.63, 3.8) is 0 Å². The lowest BCUT2D eigenvalue weighted by Gasteiger charge is -2.18. The van der Waals surface area contributed by atoms with Crippen LogP contribution in [0.4, 0.5) is 0 Å². The van der Waals surface area contributed by atoms with Crippen LogP contribution in [0.5, 0.6) is 0 Å². The van der Waals surface area contributed by atoms with Crippen LogP contribution < -0.4 is 5.73 Å². The van der Waals surface area contributed by atoms with E-state index in [1.165, 1.54) is 16.7 Å². The van der Waals surface area contributed by atoms with Gasteiger partial charge in [-0.15, -0.1) is 0 Å². The van der Waals surface area contributed by atoms with Gasteiger partial charge in [0, 0.05) is 0 Å². The number of nitrogens with two attached hydrogens (primary N) is 1. The number of nitrogens with zero attached hydrogens (tertiary/aromatic N) is 1. The molecule has 126 valence electrons. The number of aliphatic imine (C=N–C) groups is 1. The normalized spacial score (nSPS) is 13.0. The quantitative estimate of drug-likeness (QED) is 0.483. The molecule has 0 aliphatic rings. The molecule has 0 spiro atoms. The zero-order chi connectivity index (χ0) is 17.5. The van der Waals surface area contributed by atoms with E-state index in [1.54, 1.807) is 11.8 Å². The average Bonchev–Trinajstić information content (AvgIpc) is 2.68. The van der Waals surface area contributed by atoms with Gasteiger partial charge in [0.25, 0.3) is 0 Å². The SMILES string of the molecule is C[C@H](N=C(N)SC(c1ccccc1)c1ccccc1)c1ccccc1. The summed E-state index contributed by atoms with van der Waals surface area (Å²) in [5.74, 6) is 0. The van der Waals surface area contributed by atoms with Gasteiger partial charge in [-0.05, 0) is 23.6 Å². The maximum Gasteiger partial charge on any atom is 0.155 e. The third-order valence-electron chi connectivity index (χ3n) is 4.05. The minimum absolute atomic E-state index is 0.0425. The van der Waals surface area contributed by atoms with Gasteiger partial charge in [0.1, 0.15) is 0 Å². The molecule has 0 bridgehead atoms. The molecule has 1 atom stereocenters. The number of thioether (sulfide) groups is 1. The molecule has 0 amide bonds. The maximum absolute atomic E-state index is 6.30. The molecule has 0 radical (unpaired) electrons. The third-order valence-corrected chi connectivity index (χ3v) is 5.17. The van der Waals surface area contributed by atoms with Crippen LogP contribution >= 0.6 is 11.8 Å². The van der Waals surface area contributed by atoms with E-state index in [-0.39, 0.29) is 11.3 Å². The molecule has 3 heteroatoms. The van der Waals surface area contributed by atoms with E-state index >= 15 is 0 Å². The molecular weight excluding hydrogens is 324 g/mol. The molecule has 3 rings (SSSR count). The smallest absolute Gasteiger partial charge is 0.155 e. The van der Waals surface area contributed by atoms with Gasteiger partial charge in [0.05, 0.1) is 11.3 Å². The lowest BCUT2D eigenvalue weighted by Crippen LogP contribution is -2.12. The minimum Gasteiger partial charge on any atom is -0.378 e. The molecular formula is C22H22N2S. The molecule has 3 aromatic rings. The van der Waals surface area contributed by atoms with Crippen LogP contribution in [0, 0.1) is 0 Å². The number of amidine groups is 1. The van der Waals surface area contributed by atoms with Crippen LogP contribution in [0.15, 0.2) is 96.0 Å². The van der Waals surface area contributed by atoms with Crippen molar-refractivity contribution in [1.29, 1.82) is 0 Å². The fourth-order valence-electron chi connectivity index (χ4n) is 2.73. The second-order valence-electron chi connectivity index (χ2n) is 5.87. The van der Waals surface area contributed by atoms with Gasteiger partial charge in [-0.25, -0.2) is 0 Å². The highest BCUT2D eigenvalue weighted by Gasteiger charge is 2.17. The Hall–Kier alpha value is -2.52. The van der Waals surface area contributed by atoms with E-state index in [1.807, 2.05) is 30.3 Å². The Morgan fingerprint density at radius 1 is 0.720 bits per heavy atom. The summed E-state index contributed by atoms with van der Waals surface area (Å²) in [6.45, 7) is 2.07. The number of hydrogen-bond acceptors (Lipinski definition) is 2. The Morgan fingerprint density at radius 2 is 1.12 bits per heavy atom. The largest absolute Gasteiger partial charge is 0.378 e. The summed E-state index contributed by atoms with van der Waals surface area (Å²) in [6, 6.07) is 31.1. The van der Waals surface area contributed by atoms with E-state index in [4.69, 9.17) is 10.7 Å². The van der Waals surface area contributed by atoms with E-state index < -0.39 is 0 Å². The highest BCUT2D eigenvalue weighted by Crippen LogP contribution is 2.36. The lowest BCUT2D eigenvalue weighted by molar-refractivity contribution is 0.822. The number of benzene rings is 3. The fraction of sp³-hybridized carbons (Fsp3) is 0.136. The highest BCUT2D eigenvalue weighted by atomic mass is 32.2. The first kappa shape index (κ1) is 17.3. The van der Waals surface area contributed by atoms with Crippen molar-refractivity contribution in [3.05, 3.63) is 108 Å². The molecule has 0 aliphatic carbocycles. The molecule has 0 aliphatic heterocycles. The Labute approximate surface area is 153 Å². The second-order valence-corrected chi connectivity index (χ2v) is 7.00. The minimum atomic E-state index is 0.0425. The molecule has 2 N–H and O–H groups in total. The van der Waals surface area contributed by atoms with Crippen LogP contribution in [-0.2, 0) is 0 Å². The van der Waals surface area contributed by atoms with Crippen molar-refractivity contribution in [2.45, 2.75) is 18.2 Å². The highest BCUT2D eigenvalue weighted by molar-refractivity contribution is 8.14. The Kier molecular flexibility index (Phi) is 5.91. The summed E-state index contributed by atoms with van der Waals surface area (Å²) >= 11 is 1.60. The van der Waals surface area contributed by atoms with Gasteiger partial charge < -0.3 is 5.73 Å². The summed E-state index contributed by atoms with van der Waals surface area (Å²) in [5.41, 5.74) is 9.92. The predicted octanol–water partition coefficient (Wildman–Crippen LogP) is 5.59. The van der Waals surface area contributed by atoms with E-state index in [0.717, 1.165) is 0 Å². The lowest BCUT2D eigenvalue weighted by atomic mass is 10.0. The van der Waals surface area contributed by atoms with Crippen molar-refractivity contribution < 1.29 is 0 Å². The van der Waals surface area contributed by atoms with Gasteiger partial charge in [0.15, 0.2) is 5.17 Å². The van der Waals surface area contributed by atoms with Crippen molar-refractivity contribution >= 4 is 16.9 Å². The molecule has 0 aromatic heterocycles. The first-order valence-electron chi connectivity index (χ1n) is 8.39.